The number of hydrogen-bond donors (Lipinski definition) is 1. The van der Waals surface area contributed by atoms with Crippen molar-refractivity contribution in [3.05, 3.63) is 72.8 Å². The van der Waals surface area contributed by atoms with Gasteiger partial charge in [-0.25, -0.2) is 0 Å². The molecule has 102 valence electrons. The highest BCUT2D eigenvalue weighted by Crippen LogP contribution is 2.26. The van der Waals surface area contributed by atoms with Gasteiger partial charge in [-0.2, -0.15) is 0 Å². The van der Waals surface area contributed by atoms with E-state index in [9.17, 15) is 9.67 Å². The number of phenolic OH excluding ortho intramolecular Hbond substituents is 1. The van der Waals surface area contributed by atoms with E-state index in [0.29, 0.717) is 0 Å². The average Bonchev–Trinajstić information content (AvgIpc) is 2.56. The number of benzene rings is 3. The Morgan fingerprint density at radius 3 is 1.81 bits per heavy atom. The molecule has 0 aliphatic rings. The monoisotopic (exact) mass is 292 g/mol. The van der Waals surface area contributed by atoms with Crippen LogP contribution in [0, 0.1) is 0 Å². The van der Waals surface area contributed by atoms with Crippen LogP contribution in [0.5, 0.6) is 5.75 Å². The van der Waals surface area contributed by atoms with Crippen LogP contribution in [-0.2, 0) is 4.57 Å². The van der Waals surface area contributed by atoms with Gasteiger partial charge in [0.05, 0.1) is 5.30 Å². The number of phenols is 1. The van der Waals surface area contributed by atoms with Gasteiger partial charge in [-0.1, -0.05) is 54.6 Å². The summed E-state index contributed by atoms with van der Waals surface area (Å²) in [6.45, 7) is 0. The van der Waals surface area contributed by atoms with Crippen LogP contribution in [0.4, 0.5) is 0 Å². The zero-order valence-electron chi connectivity index (χ0n) is 11.2. The molecule has 0 aromatic heterocycles. The first-order valence-corrected chi connectivity index (χ1v) is 7.41. The highest BCUT2D eigenvalue weighted by molar-refractivity contribution is 7.34. The molecule has 0 spiro atoms. The van der Waals surface area contributed by atoms with Gasteiger partial charge in [0, 0.05) is 0 Å². The second-order valence-electron chi connectivity index (χ2n) is 4.73. The Morgan fingerprint density at radius 2 is 1.19 bits per heavy atom. The van der Waals surface area contributed by atoms with E-state index in [1.807, 2.05) is 60.7 Å². The minimum atomic E-state index is 0.0299. The van der Waals surface area contributed by atoms with Gasteiger partial charge in [-0.15, -0.1) is 0 Å². The molecule has 21 heavy (non-hydrogen) atoms. The predicted octanol–water partition coefficient (Wildman–Crippen LogP) is 4.64. The van der Waals surface area contributed by atoms with Gasteiger partial charge in [0.1, 0.15) is 5.75 Å². The maximum Gasteiger partial charge on any atom is 0.192 e. The smallest absolute Gasteiger partial charge is 0.192 e. The minimum absolute atomic E-state index is 0.0299. The van der Waals surface area contributed by atoms with E-state index in [0.717, 1.165) is 27.6 Å². The lowest BCUT2D eigenvalue weighted by Gasteiger charge is -2.06. The normalized spacial score (nSPS) is 10.7. The van der Waals surface area contributed by atoms with Crippen LogP contribution in [0.2, 0.25) is 0 Å². The number of hydrogen-bond acceptors (Lipinski definition) is 2. The van der Waals surface area contributed by atoms with Crippen LogP contribution < -0.4 is 5.30 Å². The molecule has 3 rings (SSSR count). The molecular formula is C18H13O2P. The van der Waals surface area contributed by atoms with Gasteiger partial charge in [0.25, 0.3) is 0 Å². The average molecular weight is 292 g/mol. The Morgan fingerprint density at radius 1 is 0.667 bits per heavy atom. The van der Waals surface area contributed by atoms with Crippen molar-refractivity contribution in [1.82, 2.24) is 0 Å². The summed E-state index contributed by atoms with van der Waals surface area (Å²) in [5, 5.41) is 10.1. The Balaban J connectivity index is 1.97. The molecule has 0 heterocycles. The van der Waals surface area contributed by atoms with Gasteiger partial charge in [-0.3, -0.25) is 4.57 Å². The quantitative estimate of drug-likeness (QED) is 0.714. The molecule has 0 aliphatic carbocycles. The van der Waals surface area contributed by atoms with Crippen molar-refractivity contribution < 1.29 is 9.67 Å². The third-order valence-electron chi connectivity index (χ3n) is 3.40. The van der Waals surface area contributed by atoms with Crippen molar-refractivity contribution in [2.24, 2.45) is 0 Å². The summed E-state index contributed by atoms with van der Waals surface area (Å²) >= 11 is 0. The zero-order chi connectivity index (χ0) is 14.7. The molecule has 0 bridgehead atoms. The number of rotatable bonds is 3. The molecule has 0 amide bonds. The molecule has 3 aromatic rings. The molecule has 2 nitrogen and oxygen atoms in total. The first kappa shape index (κ1) is 13.5. The van der Waals surface area contributed by atoms with Crippen molar-refractivity contribution in [3.63, 3.8) is 0 Å². The lowest BCUT2D eigenvalue weighted by Crippen LogP contribution is -1.96. The van der Waals surface area contributed by atoms with Crippen LogP contribution in [0.15, 0.2) is 72.8 Å². The van der Waals surface area contributed by atoms with E-state index in [1.165, 1.54) is 0 Å². The van der Waals surface area contributed by atoms with E-state index in [2.05, 4.69) is 0 Å². The van der Waals surface area contributed by atoms with E-state index in [4.69, 9.17) is 0 Å². The van der Waals surface area contributed by atoms with Gasteiger partial charge < -0.3 is 5.11 Å². The lowest BCUT2D eigenvalue weighted by molar-refractivity contribution is 0.475. The lowest BCUT2D eigenvalue weighted by atomic mass is 10.0. The summed E-state index contributed by atoms with van der Waals surface area (Å²) in [7, 11) is 0.0299. The van der Waals surface area contributed by atoms with E-state index in [-0.39, 0.29) is 14.2 Å². The Kier molecular flexibility index (Phi) is 3.81. The summed E-state index contributed by atoms with van der Waals surface area (Å²) in [4.78, 5) is 0. The van der Waals surface area contributed by atoms with Crippen LogP contribution in [0.1, 0.15) is 0 Å². The Labute approximate surface area is 124 Å². The molecule has 0 unspecified atom stereocenters. The summed E-state index contributed by atoms with van der Waals surface area (Å²) in [5.41, 5.74) is 4.15. The fourth-order valence-corrected chi connectivity index (χ4v) is 2.74. The largest absolute Gasteiger partial charge is 0.508 e. The fraction of sp³-hybridized carbons (Fsp3) is 0. The SMILES string of the molecule is O=Pc1ccccc1-c1ccc(-c2ccc(O)cc2)cc1. The van der Waals surface area contributed by atoms with Crippen LogP contribution in [-0.4, -0.2) is 5.11 Å². The van der Waals surface area contributed by atoms with Crippen LogP contribution in [0.3, 0.4) is 0 Å². The summed E-state index contributed by atoms with van der Waals surface area (Å²) in [6.07, 6.45) is 0. The van der Waals surface area contributed by atoms with E-state index < -0.39 is 0 Å². The molecule has 3 heteroatoms. The Hall–Kier alpha value is -2.44. The molecule has 0 saturated carbocycles. The molecular weight excluding hydrogens is 279 g/mol. The second-order valence-corrected chi connectivity index (χ2v) is 5.40. The molecule has 1 N–H and O–H groups in total. The Bertz CT molecular complexity index is 762. The first-order chi connectivity index (χ1) is 10.3. The van der Waals surface area contributed by atoms with Crippen molar-refractivity contribution in [3.8, 4) is 28.0 Å². The zero-order valence-corrected chi connectivity index (χ0v) is 12.1. The summed E-state index contributed by atoms with van der Waals surface area (Å²) in [6, 6.07) is 22.9. The third kappa shape index (κ3) is 2.86. The van der Waals surface area contributed by atoms with Crippen molar-refractivity contribution in [1.29, 1.82) is 0 Å². The number of aromatic hydroxyl groups is 1. The standard InChI is InChI=1S/C18H13O2P/c19-16-11-9-14(10-12-16)13-5-7-15(8-6-13)17-3-1-2-4-18(17)21-20/h1-12,19H. The highest BCUT2D eigenvalue weighted by atomic mass is 31.1. The van der Waals surface area contributed by atoms with E-state index >= 15 is 0 Å². The predicted molar refractivity (Wildman–Crippen MR) is 86.2 cm³/mol. The molecule has 3 aromatic carbocycles. The maximum absolute atomic E-state index is 11.2. The molecule has 0 atom stereocenters. The van der Waals surface area contributed by atoms with Crippen molar-refractivity contribution in [2.75, 3.05) is 0 Å². The van der Waals surface area contributed by atoms with Gasteiger partial charge in [0.2, 0.25) is 0 Å². The second kappa shape index (κ2) is 5.90. The molecule has 0 saturated heterocycles. The molecule has 0 aliphatic heterocycles. The summed E-state index contributed by atoms with van der Waals surface area (Å²) < 4.78 is 11.2. The van der Waals surface area contributed by atoms with Gasteiger partial charge in [0.15, 0.2) is 8.46 Å². The summed E-state index contributed by atoms with van der Waals surface area (Å²) in [5.74, 6) is 0.263. The van der Waals surface area contributed by atoms with Crippen molar-refractivity contribution >= 4 is 13.8 Å². The maximum atomic E-state index is 11.2. The topological polar surface area (TPSA) is 37.3 Å². The van der Waals surface area contributed by atoms with Crippen molar-refractivity contribution in [2.45, 2.75) is 0 Å². The third-order valence-corrected chi connectivity index (χ3v) is 3.99. The first-order valence-electron chi connectivity index (χ1n) is 6.60. The van der Waals surface area contributed by atoms with Gasteiger partial charge >= 0.3 is 0 Å². The minimum Gasteiger partial charge on any atom is -0.508 e. The molecule has 0 radical (unpaired) electrons. The van der Waals surface area contributed by atoms with Crippen LogP contribution >= 0.6 is 8.46 Å². The molecule has 0 fully saturated rings. The van der Waals surface area contributed by atoms with Gasteiger partial charge in [-0.05, 0) is 40.5 Å². The fourth-order valence-electron chi connectivity index (χ4n) is 2.29. The highest BCUT2D eigenvalue weighted by Gasteiger charge is 2.05. The van der Waals surface area contributed by atoms with Crippen LogP contribution in [0.25, 0.3) is 22.3 Å². The van der Waals surface area contributed by atoms with E-state index in [1.54, 1.807) is 12.1 Å².